The summed E-state index contributed by atoms with van der Waals surface area (Å²) in [6, 6.07) is 7.64. The Morgan fingerprint density at radius 2 is 2.06 bits per heavy atom. The highest BCUT2D eigenvalue weighted by Crippen LogP contribution is 2.39. The van der Waals surface area contributed by atoms with E-state index in [-0.39, 0.29) is 18.2 Å². The molecule has 2 bridgehead atoms. The van der Waals surface area contributed by atoms with Gasteiger partial charge in [-0.15, -0.1) is 0 Å². The molecule has 2 fully saturated rings. The minimum Gasteiger partial charge on any atom is -0.465 e. The predicted octanol–water partition coefficient (Wildman–Crippen LogP) is 3.03. The molecule has 1 aromatic carbocycles. The number of rotatable bonds is 1. The van der Waals surface area contributed by atoms with Gasteiger partial charge in [0.2, 0.25) is 0 Å². The molecule has 0 radical (unpaired) electrons. The van der Waals surface area contributed by atoms with Crippen LogP contribution in [0.5, 0.6) is 0 Å². The van der Waals surface area contributed by atoms with Gasteiger partial charge in [-0.3, -0.25) is 4.90 Å². The van der Waals surface area contributed by atoms with Crippen LogP contribution in [0.3, 0.4) is 0 Å². The minimum atomic E-state index is -0.858. The number of carboxylic acid groups (broad SMARTS) is 1. The highest BCUT2D eigenvalue weighted by atomic mass is 79.9. The fourth-order valence-electron chi connectivity index (χ4n) is 2.89. The molecule has 0 aromatic heterocycles. The molecule has 0 saturated carbocycles. The van der Waals surface area contributed by atoms with Gasteiger partial charge in [0.25, 0.3) is 0 Å². The first-order valence-electron chi connectivity index (χ1n) is 6.05. The van der Waals surface area contributed by atoms with E-state index >= 15 is 0 Å². The molecule has 2 aliphatic rings. The zero-order valence-corrected chi connectivity index (χ0v) is 11.3. The number of hydrogen-bond acceptors (Lipinski definition) is 2. The molecule has 1 amide bonds. The van der Waals surface area contributed by atoms with Gasteiger partial charge in [0, 0.05) is 4.47 Å². The number of likely N-dealkylation sites (tertiary alicyclic amines) is 1. The van der Waals surface area contributed by atoms with Crippen LogP contribution >= 0.6 is 15.9 Å². The lowest BCUT2D eigenvalue weighted by molar-refractivity contribution is -0.0685. The lowest BCUT2D eigenvalue weighted by atomic mass is 9.98. The first kappa shape index (κ1) is 12.0. The van der Waals surface area contributed by atoms with E-state index in [0.717, 1.165) is 22.9 Å². The Morgan fingerprint density at radius 3 is 2.72 bits per heavy atom. The fourth-order valence-corrected chi connectivity index (χ4v) is 3.15. The van der Waals surface area contributed by atoms with Crippen LogP contribution < -0.4 is 0 Å². The molecule has 4 nitrogen and oxygen atoms in total. The van der Waals surface area contributed by atoms with E-state index in [0.29, 0.717) is 6.54 Å². The lowest BCUT2D eigenvalue weighted by Gasteiger charge is -2.38. The van der Waals surface area contributed by atoms with Crippen molar-refractivity contribution in [2.75, 3.05) is 6.54 Å². The van der Waals surface area contributed by atoms with Crippen molar-refractivity contribution >= 4 is 22.0 Å². The zero-order valence-electron chi connectivity index (χ0n) is 9.75. The van der Waals surface area contributed by atoms with Crippen molar-refractivity contribution in [3.8, 4) is 0 Å². The van der Waals surface area contributed by atoms with E-state index in [4.69, 9.17) is 4.74 Å². The maximum atomic E-state index is 11.4. The SMILES string of the molecule is O=C(O)N1C[C@H]2CC[C@H](O2)[C@H]1c1ccc(Br)cc1. The molecular weight excluding hydrogens is 298 g/mol. The predicted molar refractivity (Wildman–Crippen MR) is 69.5 cm³/mol. The Kier molecular flexibility index (Phi) is 3.03. The molecule has 0 aliphatic carbocycles. The molecule has 2 aliphatic heterocycles. The number of benzene rings is 1. The van der Waals surface area contributed by atoms with Gasteiger partial charge in [-0.1, -0.05) is 28.1 Å². The third-order valence-corrected chi connectivity index (χ3v) is 4.21. The van der Waals surface area contributed by atoms with E-state index in [1.54, 1.807) is 0 Å². The first-order valence-corrected chi connectivity index (χ1v) is 6.85. The van der Waals surface area contributed by atoms with E-state index < -0.39 is 6.09 Å². The molecule has 3 rings (SSSR count). The Hall–Kier alpha value is -1.07. The first-order chi connectivity index (χ1) is 8.65. The molecule has 3 atom stereocenters. The van der Waals surface area contributed by atoms with Gasteiger partial charge < -0.3 is 9.84 Å². The average molecular weight is 312 g/mol. The summed E-state index contributed by atoms with van der Waals surface area (Å²) in [5.41, 5.74) is 1.01. The fraction of sp³-hybridized carbons (Fsp3) is 0.462. The number of carbonyl (C=O) groups is 1. The number of nitrogens with zero attached hydrogens (tertiary/aromatic N) is 1. The molecule has 1 N–H and O–H groups in total. The highest BCUT2D eigenvalue weighted by Gasteiger charge is 2.44. The van der Waals surface area contributed by atoms with Crippen molar-refractivity contribution in [2.24, 2.45) is 0 Å². The normalized spacial score (nSPS) is 30.5. The monoisotopic (exact) mass is 311 g/mol. The number of fused-ring (bicyclic) bond motifs is 2. The van der Waals surface area contributed by atoms with Gasteiger partial charge in [-0.25, -0.2) is 4.79 Å². The number of halogens is 1. The summed E-state index contributed by atoms with van der Waals surface area (Å²) in [5.74, 6) is 0. The van der Waals surface area contributed by atoms with Crippen LogP contribution in [0.25, 0.3) is 0 Å². The second-order valence-electron chi connectivity index (χ2n) is 4.81. The van der Waals surface area contributed by atoms with Crippen LogP contribution in [0.4, 0.5) is 4.79 Å². The summed E-state index contributed by atoms with van der Waals surface area (Å²) >= 11 is 3.39. The van der Waals surface area contributed by atoms with E-state index in [1.807, 2.05) is 24.3 Å². The van der Waals surface area contributed by atoms with Gasteiger partial charge in [0.05, 0.1) is 24.8 Å². The molecule has 0 unspecified atom stereocenters. The summed E-state index contributed by atoms with van der Waals surface area (Å²) in [7, 11) is 0. The number of amides is 1. The van der Waals surface area contributed by atoms with Crippen molar-refractivity contribution in [1.29, 1.82) is 0 Å². The Morgan fingerprint density at radius 1 is 1.33 bits per heavy atom. The molecule has 2 saturated heterocycles. The molecule has 96 valence electrons. The third kappa shape index (κ3) is 2.01. The van der Waals surface area contributed by atoms with Crippen LogP contribution in [0.2, 0.25) is 0 Å². The Labute approximate surface area is 114 Å². The van der Waals surface area contributed by atoms with Crippen molar-refractivity contribution < 1.29 is 14.6 Å². The van der Waals surface area contributed by atoms with Gasteiger partial charge >= 0.3 is 6.09 Å². The van der Waals surface area contributed by atoms with E-state index in [2.05, 4.69) is 15.9 Å². The summed E-state index contributed by atoms with van der Waals surface area (Å²) in [6.45, 7) is 0.479. The summed E-state index contributed by atoms with van der Waals surface area (Å²) < 4.78 is 6.85. The van der Waals surface area contributed by atoms with Crippen LogP contribution in [-0.2, 0) is 4.74 Å². The molecule has 2 heterocycles. The quantitative estimate of drug-likeness (QED) is 0.867. The van der Waals surface area contributed by atoms with Crippen LogP contribution in [0.1, 0.15) is 24.4 Å². The largest absolute Gasteiger partial charge is 0.465 e. The lowest BCUT2D eigenvalue weighted by Crippen LogP contribution is -2.47. The third-order valence-electron chi connectivity index (χ3n) is 3.69. The Bertz CT molecular complexity index is 462. The maximum Gasteiger partial charge on any atom is 0.407 e. The molecular formula is C13H14BrNO3. The smallest absolute Gasteiger partial charge is 0.407 e. The van der Waals surface area contributed by atoms with Crippen molar-refractivity contribution in [2.45, 2.75) is 31.1 Å². The molecule has 18 heavy (non-hydrogen) atoms. The summed E-state index contributed by atoms with van der Waals surface area (Å²) in [4.78, 5) is 12.9. The summed E-state index contributed by atoms with van der Waals surface area (Å²) in [6.07, 6.45) is 1.12. The van der Waals surface area contributed by atoms with Crippen LogP contribution in [0, 0.1) is 0 Å². The number of ether oxygens (including phenoxy) is 1. The van der Waals surface area contributed by atoms with Crippen LogP contribution in [0.15, 0.2) is 28.7 Å². The number of morpholine rings is 1. The van der Waals surface area contributed by atoms with E-state index in [9.17, 15) is 9.90 Å². The van der Waals surface area contributed by atoms with Gasteiger partial charge in [0.15, 0.2) is 0 Å². The topological polar surface area (TPSA) is 49.8 Å². The van der Waals surface area contributed by atoms with Gasteiger partial charge in [-0.2, -0.15) is 0 Å². The second-order valence-corrected chi connectivity index (χ2v) is 5.72. The van der Waals surface area contributed by atoms with Crippen molar-refractivity contribution in [3.05, 3.63) is 34.3 Å². The molecule has 0 spiro atoms. The Balaban J connectivity index is 1.95. The minimum absolute atomic E-state index is 0.000950. The van der Waals surface area contributed by atoms with Gasteiger partial charge in [0.1, 0.15) is 0 Å². The summed E-state index contributed by atoms with van der Waals surface area (Å²) in [5, 5.41) is 9.35. The van der Waals surface area contributed by atoms with E-state index in [1.165, 1.54) is 4.90 Å². The maximum absolute atomic E-state index is 11.4. The second kappa shape index (κ2) is 4.55. The van der Waals surface area contributed by atoms with Crippen LogP contribution in [-0.4, -0.2) is 34.9 Å². The molecule has 1 aromatic rings. The van der Waals surface area contributed by atoms with Crippen molar-refractivity contribution in [1.82, 2.24) is 4.90 Å². The average Bonchev–Trinajstić information content (AvgIpc) is 2.72. The zero-order chi connectivity index (χ0) is 12.7. The standard InChI is InChI=1S/C13H14BrNO3/c14-9-3-1-8(2-4-9)12-11-6-5-10(18-11)7-15(12)13(16)17/h1-4,10-12H,5-7H2,(H,16,17)/t10-,11+,12-/m1/s1. The highest BCUT2D eigenvalue weighted by molar-refractivity contribution is 9.10. The van der Waals surface area contributed by atoms with Gasteiger partial charge in [-0.05, 0) is 30.5 Å². The number of hydrogen-bond donors (Lipinski definition) is 1. The molecule has 5 heteroatoms. The van der Waals surface area contributed by atoms with Crippen molar-refractivity contribution in [3.63, 3.8) is 0 Å².